The normalized spacial score (nSPS) is 15.6. The third-order valence-electron chi connectivity index (χ3n) is 5.91. The number of hydrogen-bond acceptors (Lipinski definition) is 5. The first kappa shape index (κ1) is 20.8. The van der Waals surface area contributed by atoms with Crippen LogP contribution >= 0.6 is 0 Å². The molecule has 3 heterocycles. The number of furan rings is 1. The minimum absolute atomic E-state index is 0.178. The Morgan fingerprint density at radius 1 is 1.00 bits per heavy atom. The number of rotatable bonds is 6. The fraction of sp³-hybridized carbons (Fsp3) is 0.192. The first-order valence-corrected chi connectivity index (χ1v) is 10.8. The number of H-pyrrole nitrogens is 1. The van der Waals surface area contributed by atoms with Crippen molar-refractivity contribution < 1.29 is 23.5 Å². The highest BCUT2D eigenvalue weighted by atomic mass is 16.5. The summed E-state index contributed by atoms with van der Waals surface area (Å²) in [5.74, 6) is -1.06. The van der Waals surface area contributed by atoms with Crippen LogP contribution in [-0.4, -0.2) is 46.7 Å². The summed E-state index contributed by atoms with van der Waals surface area (Å²) in [5.41, 5.74) is 2.87. The van der Waals surface area contributed by atoms with E-state index in [0.29, 0.717) is 30.6 Å². The molecule has 1 N–H and O–H groups in total. The zero-order chi connectivity index (χ0) is 22.8. The van der Waals surface area contributed by atoms with Gasteiger partial charge in [-0.15, -0.1) is 0 Å². The van der Waals surface area contributed by atoms with Crippen molar-refractivity contribution >= 4 is 28.6 Å². The molecule has 0 spiro atoms. The van der Waals surface area contributed by atoms with E-state index in [0.717, 1.165) is 16.5 Å². The number of ketones is 1. The van der Waals surface area contributed by atoms with Crippen molar-refractivity contribution in [3.63, 3.8) is 0 Å². The Balaban J connectivity index is 1.35. The van der Waals surface area contributed by atoms with Gasteiger partial charge in [-0.3, -0.25) is 9.59 Å². The van der Waals surface area contributed by atoms with Gasteiger partial charge in [0, 0.05) is 17.4 Å². The molecule has 0 bridgehead atoms. The first-order chi connectivity index (χ1) is 16.1. The molecule has 7 nitrogen and oxygen atoms in total. The van der Waals surface area contributed by atoms with Crippen LogP contribution in [0.1, 0.15) is 33.8 Å². The molecule has 0 aliphatic carbocycles. The van der Waals surface area contributed by atoms with Gasteiger partial charge in [0.1, 0.15) is 6.04 Å². The monoisotopic (exact) mass is 442 g/mol. The zero-order valence-corrected chi connectivity index (χ0v) is 17.8. The number of para-hydroxylation sites is 1. The number of amides is 1. The molecule has 1 atom stereocenters. The summed E-state index contributed by atoms with van der Waals surface area (Å²) < 4.78 is 10.6. The van der Waals surface area contributed by atoms with Crippen molar-refractivity contribution in [1.29, 1.82) is 0 Å². The number of aromatic amines is 1. The van der Waals surface area contributed by atoms with Crippen LogP contribution in [0.3, 0.4) is 0 Å². The number of nitrogens with one attached hydrogen (secondary N) is 1. The molecule has 166 valence electrons. The van der Waals surface area contributed by atoms with Crippen LogP contribution < -0.4 is 0 Å². The van der Waals surface area contributed by atoms with Gasteiger partial charge in [-0.25, -0.2) is 4.79 Å². The van der Waals surface area contributed by atoms with Crippen molar-refractivity contribution in [2.75, 3.05) is 13.2 Å². The van der Waals surface area contributed by atoms with Crippen LogP contribution in [0.4, 0.5) is 0 Å². The van der Waals surface area contributed by atoms with Crippen molar-refractivity contribution in [1.82, 2.24) is 9.88 Å². The van der Waals surface area contributed by atoms with Gasteiger partial charge in [0.25, 0.3) is 5.91 Å². The highest BCUT2D eigenvalue weighted by molar-refractivity contribution is 6.14. The molecule has 2 aromatic carbocycles. The Bertz CT molecular complexity index is 1310. The third-order valence-corrected chi connectivity index (χ3v) is 5.91. The van der Waals surface area contributed by atoms with Crippen molar-refractivity contribution in [3.8, 4) is 11.3 Å². The largest absolute Gasteiger partial charge is 0.459 e. The Labute approximate surface area is 190 Å². The van der Waals surface area contributed by atoms with E-state index in [1.54, 1.807) is 12.1 Å². The van der Waals surface area contributed by atoms with E-state index in [1.807, 2.05) is 54.6 Å². The summed E-state index contributed by atoms with van der Waals surface area (Å²) in [5, 5.41) is 0.771. The van der Waals surface area contributed by atoms with E-state index in [2.05, 4.69) is 4.98 Å². The number of ether oxygens (including phenoxy) is 1. The lowest BCUT2D eigenvalue weighted by Crippen LogP contribution is -2.41. The van der Waals surface area contributed by atoms with Gasteiger partial charge in [0.15, 0.2) is 12.4 Å². The van der Waals surface area contributed by atoms with Crippen molar-refractivity contribution in [2.45, 2.75) is 18.9 Å². The summed E-state index contributed by atoms with van der Waals surface area (Å²) in [6, 6.07) is 19.6. The molecule has 1 aliphatic rings. The predicted octanol–water partition coefficient (Wildman–Crippen LogP) is 4.46. The van der Waals surface area contributed by atoms with E-state index >= 15 is 0 Å². The lowest BCUT2D eigenvalue weighted by molar-refractivity contribution is -0.147. The number of hydrogen-bond donors (Lipinski definition) is 1. The van der Waals surface area contributed by atoms with E-state index in [4.69, 9.17) is 9.15 Å². The Hall–Kier alpha value is -4.13. The van der Waals surface area contributed by atoms with Crippen LogP contribution in [0.15, 0.2) is 77.4 Å². The Kier molecular flexibility index (Phi) is 5.52. The zero-order valence-electron chi connectivity index (χ0n) is 17.8. The number of fused-ring (bicyclic) bond motifs is 1. The second kappa shape index (κ2) is 8.78. The number of benzene rings is 2. The standard InChI is InChI=1S/C26H22N2O5/c29-21(16-33-26(31)20-12-6-14-28(20)25(30)22-13-7-15-32-22)23-18-10-4-5-11-19(18)27-24(23)17-8-2-1-3-9-17/h1-5,7-11,13,15,20,27H,6,12,14,16H2. The van der Waals surface area contributed by atoms with E-state index in [1.165, 1.54) is 11.2 Å². The average Bonchev–Trinajstić information content (AvgIpc) is 3.61. The molecular formula is C26H22N2O5. The molecule has 1 amide bonds. The van der Waals surface area contributed by atoms with E-state index in [-0.39, 0.29) is 17.5 Å². The molecule has 33 heavy (non-hydrogen) atoms. The maximum atomic E-state index is 13.2. The number of Topliss-reactive ketones (excluding diaryl/α,β-unsaturated/α-hetero) is 1. The van der Waals surface area contributed by atoms with Gasteiger partial charge < -0.3 is 19.0 Å². The molecule has 1 saturated heterocycles. The smallest absolute Gasteiger partial charge is 0.329 e. The molecule has 7 heteroatoms. The fourth-order valence-electron chi connectivity index (χ4n) is 4.35. The van der Waals surface area contributed by atoms with E-state index in [9.17, 15) is 14.4 Å². The Morgan fingerprint density at radius 2 is 1.79 bits per heavy atom. The van der Waals surface area contributed by atoms with Gasteiger partial charge in [0.2, 0.25) is 5.78 Å². The van der Waals surface area contributed by atoms with Gasteiger partial charge >= 0.3 is 5.97 Å². The molecule has 1 unspecified atom stereocenters. The number of carbonyl (C=O) groups is 3. The van der Waals surface area contributed by atoms with Crippen LogP contribution in [0.5, 0.6) is 0 Å². The quantitative estimate of drug-likeness (QED) is 0.352. The summed E-state index contributed by atoms with van der Waals surface area (Å²) in [6.07, 6.45) is 2.59. The van der Waals surface area contributed by atoms with Gasteiger partial charge in [-0.1, -0.05) is 48.5 Å². The maximum Gasteiger partial charge on any atom is 0.329 e. The number of likely N-dealkylation sites (tertiary alicyclic amines) is 1. The van der Waals surface area contributed by atoms with Crippen LogP contribution in [-0.2, 0) is 9.53 Å². The van der Waals surface area contributed by atoms with Crippen LogP contribution in [0.25, 0.3) is 22.2 Å². The second-order valence-electron chi connectivity index (χ2n) is 7.95. The minimum atomic E-state index is -0.730. The lowest BCUT2D eigenvalue weighted by Gasteiger charge is -2.22. The fourth-order valence-corrected chi connectivity index (χ4v) is 4.35. The van der Waals surface area contributed by atoms with Gasteiger partial charge in [0.05, 0.1) is 17.5 Å². The SMILES string of the molecule is O=C(COC(=O)C1CCCN1C(=O)c1ccco1)c1c(-c2ccccc2)[nH]c2ccccc12. The molecule has 1 fully saturated rings. The summed E-state index contributed by atoms with van der Waals surface area (Å²) >= 11 is 0. The predicted molar refractivity (Wildman–Crippen MR) is 122 cm³/mol. The van der Waals surface area contributed by atoms with Crippen LogP contribution in [0.2, 0.25) is 0 Å². The molecule has 5 rings (SSSR count). The minimum Gasteiger partial charge on any atom is -0.459 e. The number of carbonyl (C=O) groups excluding carboxylic acids is 3. The molecule has 1 aliphatic heterocycles. The molecule has 0 saturated carbocycles. The number of esters is 1. The molecule has 0 radical (unpaired) electrons. The number of aromatic nitrogens is 1. The maximum absolute atomic E-state index is 13.2. The highest BCUT2D eigenvalue weighted by Crippen LogP contribution is 2.31. The summed E-state index contributed by atoms with van der Waals surface area (Å²) in [6.45, 7) is 0.0354. The first-order valence-electron chi connectivity index (χ1n) is 10.8. The van der Waals surface area contributed by atoms with Gasteiger partial charge in [-0.2, -0.15) is 0 Å². The van der Waals surface area contributed by atoms with Crippen molar-refractivity contribution in [3.05, 3.63) is 84.3 Å². The van der Waals surface area contributed by atoms with Gasteiger partial charge in [-0.05, 0) is 36.6 Å². The second-order valence-corrected chi connectivity index (χ2v) is 7.95. The third kappa shape index (κ3) is 3.93. The molecular weight excluding hydrogens is 420 g/mol. The topological polar surface area (TPSA) is 92.6 Å². The van der Waals surface area contributed by atoms with Crippen LogP contribution in [0, 0.1) is 0 Å². The van der Waals surface area contributed by atoms with E-state index < -0.39 is 18.6 Å². The Morgan fingerprint density at radius 3 is 2.58 bits per heavy atom. The molecule has 2 aromatic heterocycles. The highest BCUT2D eigenvalue weighted by Gasteiger charge is 2.37. The lowest BCUT2D eigenvalue weighted by atomic mass is 10.0. The van der Waals surface area contributed by atoms with Crippen molar-refractivity contribution in [2.24, 2.45) is 0 Å². The summed E-state index contributed by atoms with van der Waals surface area (Å²) in [4.78, 5) is 43.5. The molecule has 4 aromatic rings. The summed E-state index contributed by atoms with van der Waals surface area (Å²) in [7, 11) is 0. The number of nitrogens with zero attached hydrogens (tertiary/aromatic N) is 1. The average molecular weight is 442 g/mol.